The third-order valence-corrected chi connectivity index (χ3v) is 2.68. The minimum absolute atomic E-state index is 0.202. The van der Waals surface area contributed by atoms with Crippen molar-refractivity contribution in [3.63, 3.8) is 0 Å². The van der Waals surface area contributed by atoms with E-state index < -0.39 is 6.10 Å². The number of aliphatic hydroxyl groups is 1. The van der Waals surface area contributed by atoms with E-state index in [2.05, 4.69) is 10.3 Å². The second-order valence-corrected chi connectivity index (χ2v) is 4.53. The highest BCUT2D eigenvalue weighted by Crippen LogP contribution is 2.17. The van der Waals surface area contributed by atoms with Crippen LogP contribution in [0.2, 0.25) is 5.02 Å². The van der Waals surface area contributed by atoms with E-state index in [1.807, 2.05) is 12.1 Å². The molecule has 1 aromatic heterocycles. The normalized spacial score (nSPS) is 12.4. The third kappa shape index (κ3) is 2.97. The standard InChI is InChI=1S/C13H13ClN2O2/c1-8(17)7-15-13(18)11-5-3-9-2-4-10(14)6-12(9)16-11/h2-6,8,17H,7H2,1H3,(H,15,18). The molecule has 94 valence electrons. The Kier molecular flexibility index (Phi) is 3.79. The number of hydrogen-bond donors (Lipinski definition) is 2. The molecule has 1 amide bonds. The molecule has 2 aromatic rings. The highest BCUT2D eigenvalue weighted by atomic mass is 35.5. The molecule has 2 rings (SSSR count). The van der Waals surface area contributed by atoms with Gasteiger partial charge in [0.25, 0.3) is 5.91 Å². The van der Waals surface area contributed by atoms with Crippen LogP contribution in [0, 0.1) is 0 Å². The number of amides is 1. The summed E-state index contributed by atoms with van der Waals surface area (Å²) in [7, 11) is 0. The number of aromatic nitrogens is 1. The number of halogens is 1. The van der Waals surface area contributed by atoms with Crippen molar-refractivity contribution in [2.75, 3.05) is 6.54 Å². The zero-order valence-electron chi connectivity index (χ0n) is 9.85. The molecule has 0 spiro atoms. The van der Waals surface area contributed by atoms with E-state index in [0.29, 0.717) is 16.2 Å². The lowest BCUT2D eigenvalue weighted by Crippen LogP contribution is -2.31. The van der Waals surface area contributed by atoms with Gasteiger partial charge in [-0.2, -0.15) is 0 Å². The number of hydrogen-bond acceptors (Lipinski definition) is 3. The Morgan fingerprint density at radius 1 is 1.44 bits per heavy atom. The quantitative estimate of drug-likeness (QED) is 0.891. The summed E-state index contributed by atoms with van der Waals surface area (Å²) < 4.78 is 0. The molecule has 0 bridgehead atoms. The van der Waals surface area contributed by atoms with Gasteiger partial charge in [0, 0.05) is 17.0 Å². The van der Waals surface area contributed by atoms with Gasteiger partial charge >= 0.3 is 0 Å². The van der Waals surface area contributed by atoms with Gasteiger partial charge in [0.2, 0.25) is 0 Å². The van der Waals surface area contributed by atoms with Crippen molar-refractivity contribution in [1.29, 1.82) is 0 Å². The van der Waals surface area contributed by atoms with E-state index in [-0.39, 0.29) is 12.5 Å². The van der Waals surface area contributed by atoms with Gasteiger partial charge in [-0.15, -0.1) is 0 Å². The molecule has 1 atom stereocenters. The number of nitrogens with zero attached hydrogens (tertiary/aromatic N) is 1. The Balaban J connectivity index is 2.26. The maximum absolute atomic E-state index is 11.8. The number of pyridine rings is 1. The number of fused-ring (bicyclic) bond motifs is 1. The van der Waals surface area contributed by atoms with E-state index >= 15 is 0 Å². The minimum atomic E-state index is -0.580. The fourth-order valence-corrected chi connectivity index (χ4v) is 1.71. The van der Waals surface area contributed by atoms with Gasteiger partial charge < -0.3 is 10.4 Å². The number of carbonyl (C=O) groups excluding carboxylic acids is 1. The molecule has 1 unspecified atom stereocenters. The van der Waals surface area contributed by atoms with E-state index in [1.165, 1.54) is 0 Å². The largest absolute Gasteiger partial charge is 0.392 e. The molecule has 1 heterocycles. The van der Waals surface area contributed by atoms with Crippen LogP contribution in [0.25, 0.3) is 10.9 Å². The first-order valence-corrected chi connectivity index (χ1v) is 5.96. The molecule has 0 aliphatic rings. The molecule has 18 heavy (non-hydrogen) atoms. The third-order valence-electron chi connectivity index (χ3n) is 2.44. The number of benzene rings is 1. The number of rotatable bonds is 3. The van der Waals surface area contributed by atoms with Crippen molar-refractivity contribution in [3.8, 4) is 0 Å². The molecule has 4 nitrogen and oxygen atoms in total. The molecule has 0 saturated carbocycles. The molecular formula is C13H13ClN2O2. The van der Waals surface area contributed by atoms with Crippen LogP contribution < -0.4 is 5.32 Å². The van der Waals surface area contributed by atoms with E-state index in [1.54, 1.807) is 25.1 Å². The summed E-state index contributed by atoms with van der Waals surface area (Å²) in [6.07, 6.45) is -0.580. The zero-order chi connectivity index (χ0) is 13.1. The van der Waals surface area contributed by atoms with Crippen LogP contribution in [0.15, 0.2) is 30.3 Å². The van der Waals surface area contributed by atoms with Crippen LogP contribution in [-0.4, -0.2) is 28.6 Å². The Bertz CT molecular complexity index is 584. The molecule has 0 aliphatic heterocycles. The zero-order valence-corrected chi connectivity index (χ0v) is 10.6. The maximum Gasteiger partial charge on any atom is 0.269 e. The summed E-state index contributed by atoms with van der Waals surface area (Å²) in [6.45, 7) is 1.81. The first-order valence-electron chi connectivity index (χ1n) is 5.59. The van der Waals surface area contributed by atoms with Gasteiger partial charge in [-0.05, 0) is 25.1 Å². The van der Waals surface area contributed by atoms with Gasteiger partial charge in [-0.3, -0.25) is 4.79 Å². The maximum atomic E-state index is 11.8. The predicted molar refractivity (Wildman–Crippen MR) is 70.8 cm³/mol. The Morgan fingerprint density at radius 2 is 2.17 bits per heavy atom. The topological polar surface area (TPSA) is 62.2 Å². The summed E-state index contributed by atoms with van der Waals surface area (Å²) in [4.78, 5) is 16.0. The van der Waals surface area contributed by atoms with Gasteiger partial charge in [0.15, 0.2) is 0 Å². The van der Waals surface area contributed by atoms with Crippen LogP contribution >= 0.6 is 11.6 Å². The van der Waals surface area contributed by atoms with Gasteiger partial charge in [0.1, 0.15) is 5.69 Å². The van der Waals surface area contributed by atoms with Crippen molar-refractivity contribution in [2.24, 2.45) is 0 Å². The molecule has 0 radical (unpaired) electrons. The summed E-state index contributed by atoms with van der Waals surface area (Å²) in [5, 5.41) is 13.2. The number of aliphatic hydroxyl groups excluding tert-OH is 1. The monoisotopic (exact) mass is 264 g/mol. The second-order valence-electron chi connectivity index (χ2n) is 4.09. The SMILES string of the molecule is CC(O)CNC(=O)c1ccc2ccc(Cl)cc2n1. The average molecular weight is 265 g/mol. The molecular weight excluding hydrogens is 252 g/mol. The number of nitrogens with one attached hydrogen (secondary N) is 1. The predicted octanol–water partition coefficient (Wildman–Crippen LogP) is 2.00. The molecule has 0 fully saturated rings. The fourth-order valence-electron chi connectivity index (χ4n) is 1.55. The summed E-state index contributed by atoms with van der Waals surface area (Å²) >= 11 is 5.88. The van der Waals surface area contributed by atoms with Gasteiger partial charge in [-0.1, -0.05) is 23.7 Å². The lowest BCUT2D eigenvalue weighted by Gasteiger charge is -2.07. The van der Waals surface area contributed by atoms with Crippen LogP contribution in [0.5, 0.6) is 0 Å². The van der Waals surface area contributed by atoms with E-state index in [9.17, 15) is 4.79 Å². The summed E-state index contributed by atoms with van der Waals surface area (Å²) in [5.41, 5.74) is 0.984. The van der Waals surface area contributed by atoms with Crippen LogP contribution in [0.4, 0.5) is 0 Å². The highest BCUT2D eigenvalue weighted by molar-refractivity contribution is 6.31. The second kappa shape index (κ2) is 5.33. The minimum Gasteiger partial charge on any atom is -0.392 e. The fraction of sp³-hybridized carbons (Fsp3) is 0.231. The lowest BCUT2D eigenvalue weighted by molar-refractivity contribution is 0.0919. The smallest absolute Gasteiger partial charge is 0.269 e. The van der Waals surface area contributed by atoms with Crippen molar-refractivity contribution >= 4 is 28.4 Å². The highest BCUT2D eigenvalue weighted by Gasteiger charge is 2.08. The lowest BCUT2D eigenvalue weighted by atomic mass is 10.2. The molecule has 0 saturated heterocycles. The molecule has 0 aliphatic carbocycles. The van der Waals surface area contributed by atoms with Crippen molar-refractivity contribution < 1.29 is 9.90 Å². The van der Waals surface area contributed by atoms with Gasteiger partial charge in [-0.25, -0.2) is 4.98 Å². The summed E-state index contributed by atoms with van der Waals surface area (Å²) in [5.74, 6) is -0.308. The molecule has 2 N–H and O–H groups in total. The van der Waals surface area contributed by atoms with Crippen molar-refractivity contribution in [3.05, 3.63) is 41.0 Å². The van der Waals surface area contributed by atoms with E-state index in [0.717, 1.165) is 5.39 Å². The average Bonchev–Trinajstić information content (AvgIpc) is 2.34. The Morgan fingerprint density at radius 3 is 2.89 bits per heavy atom. The van der Waals surface area contributed by atoms with Crippen LogP contribution in [0.1, 0.15) is 17.4 Å². The van der Waals surface area contributed by atoms with Crippen molar-refractivity contribution in [1.82, 2.24) is 10.3 Å². The molecule has 5 heteroatoms. The van der Waals surface area contributed by atoms with Gasteiger partial charge in [0.05, 0.1) is 11.6 Å². The summed E-state index contributed by atoms with van der Waals surface area (Å²) in [6, 6.07) is 8.80. The number of carbonyl (C=O) groups is 1. The van der Waals surface area contributed by atoms with Crippen molar-refractivity contribution in [2.45, 2.75) is 13.0 Å². The molecule has 1 aromatic carbocycles. The Labute approximate surface area is 110 Å². The van der Waals surface area contributed by atoms with Crippen LogP contribution in [0.3, 0.4) is 0 Å². The first kappa shape index (κ1) is 12.8. The van der Waals surface area contributed by atoms with E-state index in [4.69, 9.17) is 16.7 Å². The first-order chi connectivity index (χ1) is 8.56. The Hall–Kier alpha value is -1.65. The van der Waals surface area contributed by atoms with Crippen LogP contribution in [-0.2, 0) is 0 Å².